The lowest BCUT2D eigenvalue weighted by Gasteiger charge is -2.20. The maximum absolute atomic E-state index is 11.7. The van der Waals surface area contributed by atoms with E-state index in [1.165, 1.54) is 0 Å². The van der Waals surface area contributed by atoms with Crippen molar-refractivity contribution < 1.29 is 9.59 Å². The summed E-state index contributed by atoms with van der Waals surface area (Å²) in [6.07, 6.45) is 1.05. The van der Waals surface area contributed by atoms with Gasteiger partial charge in [0, 0.05) is 25.9 Å². The van der Waals surface area contributed by atoms with E-state index in [2.05, 4.69) is 17.2 Å². The van der Waals surface area contributed by atoms with Crippen LogP contribution in [0.5, 0.6) is 0 Å². The number of carbonyl (C=O) groups is 2. The van der Waals surface area contributed by atoms with Crippen LogP contribution in [0.4, 0.5) is 0 Å². The first-order valence-electron chi connectivity index (χ1n) is 5.13. The Labute approximate surface area is 90.0 Å². The molecule has 0 aromatic rings. The zero-order valence-corrected chi connectivity index (χ0v) is 9.17. The van der Waals surface area contributed by atoms with E-state index in [0.717, 1.165) is 0 Å². The van der Waals surface area contributed by atoms with E-state index in [4.69, 9.17) is 0 Å². The average Bonchev–Trinajstić information content (AvgIpc) is 2.31. The minimum Gasteiger partial charge on any atom is -0.345 e. The predicted molar refractivity (Wildman–Crippen MR) is 56.9 cm³/mol. The molecule has 1 fully saturated rings. The van der Waals surface area contributed by atoms with Gasteiger partial charge in [-0.15, -0.1) is 11.8 Å². The van der Waals surface area contributed by atoms with Gasteiger partial charge in [0.25, 0.3) is 0 Å². The molecule has 0 aromatic heterocycles. The Bertz CT molecular complexity index is 314. The van der Waals surface area contributed by atoms with Crippen molar-refractivity contribution in [2.24, 2.45) is 0 Å². The Morgan fingerprint density at radius 2 is 2.27 bits per heavy atom. The number of hydrogen-bond acceptors (Lipinski definition) is 2. The fraction of sp³-hybridized carbons (Fsp3) is 0.636. The monoisotopic (exact) mass is 208 g/mol. The first kappa shape index (κ1) is 11.6. The second-order valence-electron chi connectivity index (χ2n) is 3.54. The third-order valence-electron chi connectivity index (χ3n) is 2.35. The molecular weight excluding hydrogens is 192 g/mol. The molecule has 15 heavy (non-hydrogen) atoms. The number of hydrogen-bond donors (Lipinski definition) is 1. The summed E-state index contributed by atoms with van der Waals surface area (Å²) in [5, 5.41) is 2.65. The number of amides is 2. The Hall–Kier alpha value is -1.50. The van der Waals surface area contributed by atoms with Crippen LogP contribution < -0.4 is 5.32 Å². The lowest BCUT2D eigenvalue weighted by atomic mass is 10.3. The molecule has 0 bridgehead atoms. The Kier molecular flexibility index (Phi) is 4.17. The van der Waals surface area contributed by atoms with Crippen LogP contribution >= 0.6 is 0 Å². The maximum Gasteiger partial charge on any atom is 0.244 e. The molecule has 4 nitrogen and oxygen atoms in total. The van der Waals surface area contributed by atoms with E-state index < -0.39 is 6.04 Å². The van der Waals surface area contributed by atoms with Crippen molar-refractivity contribution in [3.05, 3.63) is 0 Å². The molecule has 0 radical (unpaired) electrons. The fourth-order valence-electron chi connectivity index (χ4n) is 1.53. The highest BCUT2D eigenvalue weighted by Gasteiger charge is 2.25. The molecule has 4 heteroatoms. The molecule has 1 rings (SSSR count). The van der Waals surface area contributed by atoms with Gasteiger partial charge < -0.3 is 10.2 Å². The molecule has 1 saturated heterocycles. The zero-order valence-electron chi connectivity index (χ0n) is 9.17. The second kappa shape index (κ2) is 5.40. The van der Waals surface area contributed by atoms with Crippen LogP contribution in [-0.4, -0.2) is 35.8 Å². The largest absolute Gasteiger partial charge is 0.345 e. The molecule has 0 spiro atoms. The average molecular weight is 208 g/mol. The fourth-order valence-corrected chi connectivity index (χ4v) is 1.53. The van der Waals surface area contributed by atoms with E-state index >= 15 is 0 Å². The van der Waals surface area contributed by atoms with Crippen molar-refractivity contribution in [1.82, 2.24) is 10.2 Å². The number of nitrogens with one attached hydrogen (secondary N) is 1. The highest BCUT2D eigenvalue weighted by atomic mass is 16.2. The number of nitrogens with zero attached hydrogens (tertiary/aromatic N) is 1. The summed E-state index contributed by atoms with van der Waals surface area (Å²) in [7, 11) is 0. The summed E-state index contributed by atoms with van der Waals surface area (Å²) in [5.74, 6) is 5.63. The van der Waals surface area contributed by atoms with Crippen molar-refractivity contribution in [1.29, 1.82) is 0 Å². The number of rotatable bonds is 2. The van der Waals surface area contributed by atoms with Crippen LogP contribution in [0.3, 0.4) is 0 Å². The Morgan fingerprint density at radius 1 is 1.53 bits per heavy atom. The van der Waals surface area contributed by atoms with Gasteiger partial charge in [0.15, 0.2) is 0 Å². The van der Waals surface area contributed by atoms with Gasteiger partial charge in [0.2, 0.25) is 11.8 Å². The van der Waals surface area contributed by atoms with E-state index in [9.17, 15) is 9.59 Å². The molecule has 0 aromatic carbocycles. The van der Waals surface area contributed by atoms with Gasteiger partial charge in [-0.2, -0.15) is 0 Å². The van der Waals surface area contributed by atoms with Crippen LogP contribution in [0.1, 0.15) is 26.7 Å². The Balaban J connectivity index is 2.57. The summed E-state index contributed by atoms with van der Waals surface area (Å²) < 4.78 is 0. The van der Waals surface area contributed by atoms with E-state index in [1.54, 1.807) is 18.7 Å². The quantitative estimate of drug-likeness (QED) is 0.656. The molecule has 1 aliphatic heterocycles. The first-order valence-corrected chi connectivity index (χ1v) is 5.13. The molecule has 82 valence electrons. The lowest BCUT2D eigenvalue weighted by Crippen LogP contribution is -2.42. The summed E-state index contributed by atoms with van der Waals surface area (Å²) in [6, 6.07) is -0.408. The van der Waals surface area contributed by atoms with Crippen LogP contribution in [0.25, 0.3) is 0 Å². The first-order chi connectivity index (χ1) is 7.15. The smallest absolute Gasteiger partial charge is 0.244 e. The van der Waals surface area contributed by atoms with Gasteiger partial charge in [-0.25, -0.2) is 0 Å². The summed E-state index contributed by atoms with van der Waals surface area (Å²) in [5.41, 5.74) is 0. The van der Waals surface area contributed by atoms with Crippen LogP contribution in [-0.2, 0) is 9.59 Å². The second-order valence-corrected chi connectivity index (χ2v) is 3.54. The van der Waals surface area contributed by atoms with Gasteiger partial charge in [0.1, 0.15) is 6.04 Å². The highest BCUT2D eigenvalue weighted by Crippen LogP contribution is 2.03. The normalized spacial score (nSPS) is 21.5. The van der Waals surface area contributed by atoms with E-state index in [-0.39, 0.29) is 11.8 Å². The van der Waals surface area contributed by atoms with Gasteiger partial charge in [-0.05, 0) is 13.8 Å². The van der Waals surface area contributed by atoms with Crippen molar-refractivity contribution in [3.8, 4) is 11.8 Å². The molecular formula is C11H16N2O2. The molecule has 1 heterocycles. The van der Waals surface area contributed by atoms with E-state index in [0.29, 0.717) is 25.9 Å². The van der Waals surface area contributed by atoms with Crippen molar-refractivity contribution >= 4 is 11.8 Å². The standard InChI is InChI=1S/C11H16N2O2/c1-3-4-5-7-13-8-6-10(14)12-9(2)11(13)15/h9H,5-8H2,1-2H3,(H,12,14). The van der Waals surface area contributed by atoms with Crippen LogP contribution in [0, 0.1) is 11.8 Å². The SMILES string of the molecule is CC#CCCN1CCC(=O)NC(C)C1=O. The molecule has 2 amide bonds. The summed E-state index contributed by atoms with van der Waals surface area (Å²) in [6.45, 7) is 4.60. The van der Waals surface area contributed by atoms with Gasteiger partial charge in [-0.3, -0.25) is 9.59 Å². The maximum atomic E-state index is 11.7. The topological polar surface area (TPSA) is 49.4 Å². The molecule has 1 N–H and O–H groups in total. The molecule has 0 aliphatic carbocycles. The zero-order chi connectivity index (χ0) is 11.3. The number of carbonyl (C=O) groups excluding carboxylic acids is 2. The van der Waals surface area contributed by atoms with Crippen LogP contribution in [0.2, 0.25) is 0 Å². The Morgan fingerprint density at radius 3 is 2.93 bits per heavy atom. The van der Waals surface area contributed by atoms with Crippen molar-refractivity contribution in [3.63, 3.8) is 0 Å². The van der Waals surface area contributed by atoms with Crippen molar-refractivity contribution in [2.75, 3.05) is 13.1 Å². The van der Waals surface area contributed by atoms with Crippen molar-refractivity contribution in [2.45, 2.75) is 32.7 Å². The molecule has 1 unspecified atom stereocenters. The predicted octanol–water partition coefficient (Wildman–Crippen LogP) is 0.137. The minimum absolute atomic E-state index is 0.0150. The van der Waals surface area contributed by atoms with Gasteiger partial charge in [-0.1, -0.05) is 0 Å². The van der Waals surface area contributed by atoms with Crippen LogP contribution in [0.15, 0.2) is 0 Å². The van der Waals surface area contributed by atoms with Gasteiger partial charge >= 0.3 is 0 Å². The summed E-state index contributed by atoms with van der Waals surface area (Å²) >= 11 is 0. The molecule has 0 saturated carbocycles. The van der Waals surface area contributed by atoms with Gasteiger partial charge in [0.05, 0.1) is 0 Å². The van der Waals surface area contributed by atoms with E-state index in [1.807, 2.05) is 0 Å². The lowest BCUT2D eigenvalue weighted by molar-refractivity contribution is -0.133. The molecule has 1 atom stereocenters. The molecule has 1 aliphatic rings. The minimum atomic E-state index is -0.408. The third kappa shape index (κ3) is 3.28. The summed E-state index contributed by atoms with van der Waals surface area (Å²) in [4.78, 5) is 24.6. The highest BCUT2D eigenvalue weighted by molar-refractivity contribution is 5.89. The third-order valence-corrected chi connectivity index (χ3v) is 2.35.